The van der Waals surface area contributed by atoms with Crippen molar-refractivity contribution < 1.29 is 9.84 Å². The van der Waals surface area contributed by atoms with E-state index >= 15 is 0 Å². The third kappa shape index (κ3) is 2.31. The zero-order chi connectivity index (χ0) is 15.2. The van der Waals surface area contributed by atoms with E-state index in [4.69, 9.17) is 9.84 Å². The zero-order valence-corrected chi connectivity index (χ0v) is 13.5. The fourth-order valence-corrected chi connectivity index (χ4v) is 4.25. The number of aromatic nitrogens is 2. The highest BCUT2D eigenvalue weighted by Gasteiger charge is 2.58. The fourth-order valence-electron chi connectivity index (χ4n) is 4.25. The normalized spacial score (nSPS) is 30.2. The van der Waals surface area contributed by atoms with Gasteiger partial charge < -0.3 is 15.2 Å². The minimum Gasteiger partial charge on any atom is -0.394 e. The third-order valence-electron chi connectivity index (χ3n) is 5.44. The van der Waals surface area contributed by atoms with Crippen LogP contribution in [0.15, 0.2) is 0 Å². The maximum Gasteiger partial charge on any atom is 0.0685 e. The lowest BCUT2D eigenvalue weighted by molar-refractivity contribution is -0.113. The molecule has 5 heteroatoms. The van der Waals surface area contributed by atoms with Crippen LogP contribution in [0.25, 0.3) is 0 Å². The van der Waals surface area contributed by atoms with Crippen LogP contribution >= 0.6 is 0 Å². The van der Waals surface area contributed by atoms with E-state index < -0.39 is 0 Å². The summed E-state index contributed by atoms with van der Waals surface area (Å²) in [5.41, 5.74) is 3.70. The highest BCUT2D eigenvalue weighted by molar-refractivity contribution is 5.25. The summed E-state index contributed by atoms with van der Waals surface area (Å²) in [5.74, 6) is 0.660. The lowest BCUT2D eigenvalue weighted by Gasteiger charge is -2.55. The van der Waals surface area contributed by atoms with Gasteiger partial charge in [-0.05, 0) is 20.3 Å². The first kappa shape index (κ1) is 15.0. The summed E-state index contributed by atoms with van der Waals surface area (Å²) in [7, 11) is 0. The lowest BCUT2D eigenvalue weighted by atomic mass is 9.57. The summed E-state index contributed by atoms with van der Waals surface area (Å²) in [6.07, 6.45) is 1.60. The molecular weight excluding hydrogens is 266 g/mol. The molecule has 1 aromatic rings. The van der Waals surface area contributed by atoms with E-state index in [1.54, 1.807) is 0 Å². The van der Waals surface area contributed by atoms with Crippen molar-refractivity contribution in [1.29, 1.82) is 0 Å². The van der Waals surface area contributed by atoms with Gasteiger partial charge in [-0.1, -0.05) is 13.8 Å². The molecule has 5 nitrogen and oxygen atoms in total. The van der Waals surface area contributed by atoms with Gasteiger partial charge in [-0.2, -0.15) is 5.10 Å². The highest BCUT2D eigenvalue weighted by Crippen LogP contribution is 2.52. The first-order chi connectivity index (χ1) is 9.96. The molecule has 1 aliphatic carbocycles. The second-order valence-corrected chi connectivity index (χ2v) is 7.02. The fraction of sp³-hybridized carbons (Fsp3) is 0.812. The SMILES string of the molecule is Cc1nn(CCO)c(C)c1CNC1C2CCOC2C1(C)C. The average molecular weight is 293 g/mol. The van der Waals surface area contributed by atoms with Crippen LogP contribution in [-0.4, -0.2) is 40.2 Å². The molecular formula is C16H27N3O2. The molecule has 3 rings (SSSR count). The van der Waals surface area contributed by atoms with Crippen LogP contribution in [0, 0.1) is 25.2 Å². The lowest BCUT2D eigenvalue weighted by Crippen LogP contribution is -2.65. The molecule has 2 N–H and O–H groups in total. The average Bonchev–Trinajstić information content (AvgIpc) is 2.98. The van der Waals surface area contributed by atoms with E-state index in [1.807, 2.05) is 11.6 Å². The van der Waals surface area contributed by atoms with E-state index in [0.29, 0.717) is 24.6 Å². The number of aliphatic hydroxyl groups excluding tert-OH is 1. The molecule has 3 unspecified atom stereocenters. The number of ether oxygens (including phenoxy) is 1. The Kier molecular flexibility index (Phi) is 3.84. The van der Waals surface area contributed by atoms with Crippen molar-refractivity contribution in [1.82, 2.24) is 15.1 Å². The van der Waals surface area contributed by atoms with E-state index in [9.17, 15) is 0 Å². The second kappa shape index (κ2) is 5.38. The van der Waals surface area contributed by atoms with E-state index in [1.165, 1.54) is 12.0 Å². The van der Waals surface area contributed by atoms with Crippen molar-refractivity contribution in [3.8, 4) is 0 Å². The Bertz CT molecular complexity index is 524. The van der Waals surface area contributed by atoms with Crippen LogP contribution in [0.3, 0.4) is 0 Å². The highest BCUT2D eigenvalue weighted by atomic mass is 16.5. The molecule has 0 bridgehead atoms. The van der Waals surface area contributed by atoms with Crippen molar-refractivity contribution in [2.45, 2.75) is 59.4 Å². The number of nitrogens with zero attached hydrogens (tertiary/aromatic N) is 2. The summed E-state index contributed by atoms with van der Waals surface area (Å²) < 4.78 is 7.75. The molecule has 1 saturated heterocycles. The van der Waals surface area contributed by atoms with Gasteiger partial charge in [0, 0.05) is 41.8 Å². The van der Waals surface area contributed by atoms with Crippen LogP contribution in [0.2, 0.25) is 0 Å². The molecule has 2 heterocycles. The first-order valence-electron chi connectivity index (χ1n) is 7.95. The first-order valence-corrected chi connectivity index (χ1v) is 7.95. The van der Waals surface area contributed by atoms with E-state index in [2.05, 4.69) is 31.2 Å². The van der Waals surface area contributed by atoms with Gasteiger partial charge in [-0.3, -0.25) is 4.68 Å². The number of nitrogens with one attached hydrogen (secondary N) is 1. The van der Waals surface area contributed by atoms with E-state index in [0.717, 1.165) is 24.5 Å². The van der Waals surface area contributed by atoms with Crippen molar-refractivity contribution in [3.63, 3.8) is 0 Å². The Morgan fingerprint density at radius 3 is 2.90 bits per heavy atom. The van der Waals surface area contributed by atoms with Gasteiger partial charge in [0.25, 0.3) is 0 Å². The van der Waals surface area contributed by atoms with Crippen LogP contribution in [0.4, 0.5) is 0 Å². The molecule has 0 aromatic carbocycles. The Morgan fingerprint density at radius 2 is 2.19 bits per heavy atom. The largest absolute Gasteiger partial charge is 0.394 e. The van der Waals surface area contributed by atoms with E-state index in [-0.39, 0.29) is 12.0 Å². The van der Waals surface area contributed by atoms with Gasteiger partial charge in [0.2, 0.25) is 0 Å². The molecule has 3 atom stereocenters. The minimum atomic E-state index is 0.131. The van der Waals surface area contributed by atoms with Gasteiger partial charge in [0.1, 0.15) is 0 Å². The van der Waals surface area contributed by atoms with Crippen molar-refractivity contribution in [3.05, 3.63) is 17.0 Å². The molecule has 1 aromatic heterocycles. The maximum atomic E-state index is 9.09. The number of fused-ring (bicyclic) bond motifs is 1. The summed E-state index contributed by atoms with van der Waals surface area (Å²) >= 11 is 0. The molecule has 1 saturated carbocycles. The second-order valence-electron chi connectivity index (χ2n) is 7.02. The summed E-state index contributed by atoms with van der Waals surface area (Å²) in [4.78, 5) is 0. The zero-order valence-electron chi connectivity index (χ0n) is 13.5. The number of rotatable bonds is 5. The van der Waals surface area contributed by atoms with Gasteiger partial charge in [-0.25, -0.2) is 0 Å². The third-order valence-corrected chi connectivity index (χ3v) is 5.44. The van der Waals surface area contributed by atoms with Crippen molar-refractivity contribution >= 4 is 0 Å². The van der Waals surface area contributed by atoms with Gasteiger partial charge >= 0.3 is 0 Å². The Balaban J connectivity index is 1.68. The molecule has 1 aliphatic heterocycles. The number of aliphatic hydroxyl groups is 1. The van der Waals surface area contributed by atoms with Crippen LogP contribution in [-0.2, 0) is 17.8 Å². The molecule has 0 amide bonds. The Hall–Kier alpha value is -0.910. The minimum absolute atomic E-state index is 0.131. The van der Waals surface area contributed by atoms with Gasteiger partial charge in [-0.15, -0.1) is 0 Å². The number of hydrogen-bond acceptors (Lipinski definition) is 4. The van der Waals surface area contributed by atoms with Crippen molar-refractivity contribution in [2.24, 2.45) is 11.3 Å². The van der Waals surface area contributed by atoms with Gasteiger partial charge in [0.15, 0.2) is 0 Å². The van der Waals surface area contributed by atoms with Crippen LogP contribution in [0.5, 0.6) is 0 Å². The molecule has 21 heavy (non-hydrogen) atoms. The molecule has 2 aliphatic rings. The molecule has 0 radical (unpaired) electrons. The number of aryl methyl sites for hydroxylation is 1. The Labute approximate surface area is 126 Å². The van der Waals surface area contributed by atoms with Crippen molar-refractivity contribution in [2.75, 3.05) is 13.2 Å². The predicted molar refractivity (Wildman–Crippen MR) is 81.0 cm³/mol. The topological polar surface area (TPSA) is 59.3 Å². The molecule has 0 spiro atoms. The van der Waals surface area contributed by atoms with Crippen LogP contribution < -0.4 is 5.32 Å². The molecule has 118 valence electrons. The maximum absolute atomic E-state index is 9.09. The predicted octanol–water partition coefficient (Wildman–Crippen LogP) is 1.40. The summed E-state index contributed by atoms with van der Waals surface area (Å²) in [6.45, 7) is 11.2. The smallest absolute Gasteiger partial charge is 0.0685 e. The molecule has 2 fully saturated rings. The number of hydrogen-bond donors (Lipinski definition) is 2. The van der Waals surface area contributed by atoms with Gasteiger partial charge in [0.05, 0.1) is 24.9 Å². The summed E-state index contributed by atoms with van der Waals surface area (Å²) in [6, 6.07) is 0.519. The monoisotopic (exact) mass is 293 g/mol. The standard InChI is InChI=1S/C16H27N3O2/c1-10-13(11(2)19(18-10)6-7-20)9-17-14-12-5-8-21-15(12)16(14,3)4/h12,14-15,17,20H,5-9H2,1-4H3. The van der Waals surface area contributed by atoms with Crippen LogP contribution in [0.1, 0.15) is 37.2 Å². The quantitative estimate of drug-likeness (QED) is 0.861. The summed E-state index contributed by atoms with van der Waals surface area (Å²) in [5, 5.41) is 17.3. The Morgan fingerprint density at radius 1 is 1.43 bits per heavy atom.